The standard InChI is InChI=1S/C21H28N4O2/c1-3-22-21(23-11-12-25(2)15-17-7-5-4-6-8-17)24-14-18-9-10-19-20(13-18)27-16-26-19/h4-10,13H,3,11-12,14-16H2,1-2H3,(H2,22,23,24). The van der Waals surface area contributed by atoms with Crippen LogP contribution in [-0.2, 0) is 13.1 Å². The van der Waals surface area contributed by atoms with Crippen LogP contribution in [0.3, 0.4) is 0 Å². The van der Waals surface area contributed by atoms with Crippen LogP contribution >= 0.6 is 0 Å². The van der Waals surface area contributed by atoms with Crippen LogP contribution in [0, 0.1) is 0 Å². The highest BCUT2D eigenvalue weighted by Crippen LogP contribution is 2.32. The van der Waals surface area contributed by atoms with Crippen molar-refractivity contribution in [3.63, 3.8) is 0 Å². The van der Waals surface area contributed by atoms with Gasteiger partial charge in [0.25, 0.3) is 0 Å². The molecule has 0 fully saturated rings. The van der Waals surface area contributed by atoms with E-state index < -0.39 is 0 Å². The summed E-state index contributed by atoms with van der Waals surface area (Å²) in [5.41, 5.74) is 2.42. The molecular formula is C21H28N4O2. The Morgan fingerprint density at radius 2 is 1.85 bits per heavy atom. The molecule has 0 saturated heterocycles. The summed E-state index contributed by atoms with van der Waals surface area (Å²) < 4.78 is 10.8. The van der Waals surface area contributed by atoms with Gasteiger partial charge in [-0.05, 0) is 37.2 Å². The molecule has 0 radical (unpaired) electrons. The van der Waals surface area contributed by atoms with E-state index >= 15 is 0 Å². The monoisotopic (exact) mass is 368 g/mol. The first-order valence-corrected chi connectivity index (χ1v) is 9.38. The van der Waals surface area contributed by atoms with E-state index in [2.05, 4.69) is 58.8 Å². The van der Waals surface area contributed by atoms with Crippen LogP contribution in [0.15, 0.2) is 53.5 Å². The highest BCUT2D eigenvalue weighted by molar-refractivity contribution is 5.79. The summed E-state index contributed by atoms with van der Waals surface area (Å²) in [7, 11) is 2.13. The van der Waals surface area contributed by atoms with E-state index in [1.54, 1.807) is 0 Å². The normalized spacial score (nSPS) is 13.1. The fraction of sp³-hybridized carbons (Fsp3) is 0.381. The molecule has 0 atom stereocenters. The Balaban J connectivity index is 1.47. The van der Waals surface area contributed by atoms with Crippen molar-refractivity contribution in [1.82, 2.24) is 15.5 Å². The van der Waals surface area contributed by atoms with Gasteiger partial charge in [0.2, 0.25) is 6.79 Å². The van der Waals surface area contributed by atoms with Crippen molar-refractivity contribution in [2.75, 3.05) is 33.5 Å². The maximum atomic E-state index is 5.43. The number of ether oxygens (including phenoxy) is 2. The third-order valence-corrected chi connectivity index (χ3v) is 4.28. The quantitative estimate of drug-likeness (QED) is 0.554. The summed E-state index contributed by atoms with van der Waals surface area (Å²) in [6.07, 6.45) is 0. The minimum absolute atomic E-state index is 0.294. The second kappa shape index (κ2) is 9.83. The number of nitrogens with zero attached hydrogens (tertiary/aromatic N) is 2. The maximum Gasteiger partial charge on any atom is 0.231 e. The average Bonchev–Trinajstić information content (AvgIpc) is 3.14. The van der Waals surface area contributed by atoms with Gasteiger partial charge in [0, 0.05) is 26.2 Å². The lowest BCUT2D eigenvalue weighted by Crippen LogP contribution is -2.40. The number of nitrogens with one attached hydrogen (secondary N) is 2. The van der Waals surface area contributed by atoms with E-state index in [0.717, 1.165) is 49.2 Å². The lowest BCUT2D eigenvalue weighted by molar-refractivity contribution is 0.174. The van der Waals surface area contributed by atoms with Gasteiger partial charge in [-0.3, -0.25) is 0 Å². The minimum Gasteiger partial charge on any atom is -0.454 e. The van der Waals surface area contributed by atoms with Crippen LogP contribution < -0.4 is 20.1 Å². The molecule has 1 aliphatic heterocycles. The molecule has 2 aromatic rings. The summed E-state index contributed by atoms with van der Waals surface area (Å²) in [5, 5.41) is 6.69. The molecule has 144 valence electrons. The van der Waals surface area contributed by atoms with E-state index in [0.29, 0.717) is 13.3 Å². The fourth-order valence-electron chi connectivity index (χ4n) is 2.89. The summed E-state index contributed by atoms with van der Waals surface area (Å²) in [6.45, 7) is 6.48. The second-order valence-electron chi connectivity index (χ2n) is 6.53. The second-order valence-corrected chi connectivity index (χ2v) is 6.53. The van der Waals surface area contributed by atoms with Crippen molar-refractivity contribution in [2.45, 2.75) is 20.0 Å². The SMILES string of the molecule is CCNC(=NCc1ccc2c(c1)OCO2)NCCN(C)Cc1ccccc1. The lowest BCUT2D eigenvalue weighted by Gasteiger charge is -2.18. The number of hydrogen-bond donors (Lipinski definition) is 2. The van der Waals surface area contributed by atoms with Crippen LogP contribution in [-0.4, -0.2) is 44.3 Å². The van der Waals surface area contributed by atoms with Gasteiger partial charge in [0.15, 0.2) is 17.5 Å². The summed E-state index contributed by atoms with van der Waals surface area (Å²) in [5.74, 6) is 2.42. The Morgan fingerprint density at radius 3 is 2.67 bits per heavy atom. The van der Waals surface area contributed by atoms with Crippen LogP contribution in [0.25, 0.3) is 0 Å². The van der Waals surface area contributed by atoms with Crippen molar-refractivity contribution in [2.24, 2.45) is 4.99 Å². The Labute approximate surface area is 161 Å². The van der Waals surface area contributed by atoms with Crippen molar-refractivity contribution >= 4 is 5.96 Å². The largest absolute Gasteiger partial charge is 0.454 e. The number of fused-ring (bicyclic) bond motifs is 1. The van der Waals surface area contributed by atoms with Crippen LogP contribution in [0.1, 0.15) is 18.1 Å². The van der Waals surface area contributed by atoms with Crippen LogP contribution in [0.4, 0.5) is 0 Å². The Bertz CT molecular complexity index is 749. The Morgan fingerprint density at radius 1 is 1.04 bits per heavy atom. The fourth-order valence-corrected chi connectivity index (χ4v) is 2.89. The first-order valence-electron chi connectivity index (χ1n) is 9.38. The third-order valence-electron chi connectivity index (χ3n) is 4.28. The van der Waals surface area contributed by atoms with Gasteiger partial charge in [-0.25, -0.2) is 4.99 Å². The molecule has 0 aromatic heterocycles. The van der Waals surface area contributed by atoms with Crippen molar-refractivity contribution in [1.29, 1.82) is 0 Å². The molecular weight excluding hydrogens is 340 g/mol. The zero-order valence-corrected chi connectivity index (χ0v) is 16.1. The molecule has 3 rings (SSSR count). The van der Waals surface area contributed by atoms with Crippen LogP contribution in [0.2, 0.25) is 0 Å². The van der Waals surface area contributed by atoms with E-state index in [-0.39, 0.29) is 0 Å². The van der Waals surface area contributed by atoms with E-state index in [1.807, 2.05) is 24.3 Å². The zero-order chi connectivity index (χ0) is 18.9. The maximum absolute atomic E-state index is 5.43. The predicted octanol–water partition coefficient (Wildman–Crippen LogP) is 2.60. The van der Waals surface area contributed by atoms with Gasteiger partial charge in [0.05, 0.1) is 6.54 Å². The van der Waals surface area contributed by atoms with Crippen LogP contribution in [0.5, 0.6) is 11.5 Å². The van der Waals surface area contributed by atoms with Gasteiger partial charge < -0.3 is 25.0 Å². The minimum atomic E-state index is 0.294. The number of guanidine groups is 1. The van der Waals surface area contributed by atoms with Gasteiger partial charge in [-0.15, -0.1) is 0 Å². The molecule has 0 spiro atoms. The molecule has 27 heavy (non-hydrogen) atoms. The number of aliphatic imine (C=N–C) groups is 1. The third kappa shape index (κ3) is 5.89. The topological polar surface area (TPSA) is 58.1 Å². The predicted molar refractivity (Wildman–Crippen MR) is 108 cm³/mol. The number of rotatable bonds is 8. The molecule has 0 aliphatic carbocycles. The Hall–Kier alpha value is -2.73. The van der Waals surface area contributed by atoms with E-state index in [4.69, 9.17) is 9.47 Å². The Kier molecular flexibility index (Phi) is 6.93. The molecule has 0 bridgehead atoms. The zero-order valence-electron chi connectivity index (χ0n) is 16.1. The average molecular weight is 368 g/mol. The molecule has 6 heteroatoms. The summed E-state index contributed by atoms with van der Waals surface area (Å²) >= 11 is 0. The van der Waals surface area contributed by atoms with Gasteiger partial charge in [-0.1, -0.05) is 36.4 Å². The smallest absolute Gasteiger partial charge is 0.231 e. The highest BCUT2D eigenvalue weighted by Gasteiger charge is 2.13. The molecule has 2 N–H and O–H groups in total. The number of likely N-dealkylation sites (N-methyl/N-ethyl adjacent to an activating group) is 1. The first kappa shape index (κ1) is 19.0. The highest BCUT2D eigenvalue weighted by atomic mass is 16.7. The molecule has 0 unspecified atom stereocenters. The lowest BCUT2D eigenvalue weighted by atomic mass is 10.2. The van der Waals surface area contributed by atoms with Gasteiger partial charge in [-0.2, -0.15) is 0 Å². The van der Waals surface area contributed by atoms with Gasteiger partial charge in [0.1, 0.15) is 0 Å². The first-order chi connectivity index (χ1) is 13.2. The van der Waals surface area contributed by atoms with Crippen molar-refractivity contribution < 1.29 is 9.47 Å². The van der Waals surface area contributed by atoms with E-state index in [9.17, 15) is 0 Å². The molecule has 1 heterocycles. The number of benzene rings is 2. The summed E-state index contributed by atoms with van der Waals surface area (Å²) in [6, 6.07) is 16.5. The van der Waals surface area contributed by atoms with Crippen molar-refractivity contribution in [3.8, 4) is 11.5 Å². The van der Waals surface area contributed by atoms with Crippen molar-refractivity contribution in [3.05, 3.63) is 59.7 Å². The molecule has 0 amide bonds. The molecule has 6 nitrogen and oxygen atoms in total. The molecule has 2 aromatic carbocycles. The van der Waals surface area contributed by atoms with Gasteiger partial charge >= 0.3 is 0 Å². The van der Waals surface area contributed by atoms with E-state index in [1.165, 1.54) is 5.56 Å². The molecule has 0 saturated carbocycles. The molecule has 1 aliphatic rings. The summed E-state index contributed by atoms with van der Waals surface area (Å²) in [4.78, 5) is 6.96. The number of hydrogen-bond acceptors (Lipinski definition) is 4.